The van der Waals surface area contributed by atoms with E-state index in [4.69, 9.17) is 10.3 Å². The molecule has 0 spiro atoms. The van der Waals surface area contributed by atoms with Gasteiger partial charge in [0, 0.05) is 31.0 Å². The van der Waals surface area contributed by atoms with Gasteiger partial charge >= 0.3 is 5.91 Å². The number of aromatic nitrogens is 1. The maximum absolute atomic E-state index is 11.6. The fourth-order valence-corrected chi connectivity index (χ4v) is 1.99. The summed E-state index contributed by atoms with van der Waals surface area (Å²) < 4.78 is 5.18. The molecule has 0 aliphatic rings. The monoisotopic (exact) mass is 274 g/mol. The number of hydrazine groups is 1. The van der Waals surface area contributed by atoms with Gasteiger partial charge in [0.15, 0.2) is 5.76 Å². The second kappa shape index (κ2) is 6.83. The largest absolute Gasteiger partial charge is 0.459 e. The van der Waals surface area contributed by atoms with E-state index in [1.807, 2.05) is 12.1 Å². The van der Waals surface area contributed by atoms with E-state index in [1.165, 1.54) is 11.8 Å². The molecule has 2 rings (SSSR count). The molecule has 1 amide bonds. The van der Waals surface area contributed by atoms with E-state index in [0.29, 0.717) is 6.54 Å². The van der Waals surface area contributed by atoms with Crippen molar-refractivity contribution in [3.8, 4) is 0 Å². The predicted molar refractivity (Wildman–Crippen MR) is 74.4 cm³/mol. The molecule has 0 aliphatic carbocycles. The van der Waals surface area contributed by atoms with Crippen LogP contribution in [0.4, 0.5) is 0 Å². The Morgan fingerprint density at radius 3 is 2.75 bits per heavy atom. The van der Waals surface area contributed by atoms with Crippen molar-refractivity contribution in [2.24, 2.45) is 5.84 Å². The van der Waals surface area contributed by atoms with E-state index in [-0.39, 0.29) is 5.76 Å². The SMILES string of the molecule is CCN(Cc1ccncc1)Cc1ccoc1C(=O)NN. The Morgan fingerprint density at radius 1 is 1.35 bits per heavy atom. The van der Waals surface area contributed by atoms with Crippen molar-refractivity contribution in [2.75, 3.05) is 6.54 Å². The van der Waals surface area contributed by atoms with Gasteiger partial charge in [-0.25, -0.2) is 5.84 Å². The molecule has 6 heteroatoms. The van der Waals surface area contributed by atoms with Crippen LogP contribution in [0.15, 0.2) is 41.3 Å². The maximum atomic E-state index is 11.6. The number of nitrogens with two attached hydrogens (primary N) is 1. The first-order valence-corrected chi connectivity index (χ1v) is 6.43. The lowest BCUT2D eigenvalue weighted by atomic mass is 10.2. The maximum Gasteiger partial charge on any atom is 0.301 e. The summed E-state index contributed by atoms with van der Waals surface area (Å²) in [7, 11) is 0. The quantitative estimate of drug-likeness (QED) is 0.471. The lowest BCUT2D eigenvalue weighted by Gasteiger charge is -2.20. The van der Waals surface area contributed by atoms with Crippen molar-refractivity contribution < 1.29 is 9.21 Å². The summed E-state index contributed by atoms with van der Waals surface area (Å²) >= 11 is 0. The Hall–Kier alpha value is -2.18. The number of nitrogens with one attached hydrogen (secondary N) is 1. The van der Waals surface area contributed by atoms with Crippen LogP contribution in [0.3, 0.4) is 0 Å². The fraction of sp³-hybridized carbons (Fsp3) is 0.286. The summed E-state index contributed by atoms with van der Waals surface area (Å²) in [6.45, 7) is 4.34. The molecule has 20 heavy (non-hydrogen) atoms. The summed E-state index contributed by atoms with van der Waals surface area (Å²) in [6, 6.07) is 5.75. The molecular formula is C14H18N4O2. The van der Waals surface area contributed by atoms with Crippen LogP contribution in [0.1, 0.15) is 28.6 Å². The first-order valence-electron chi connectivity index (χ1n) is 6.43. The third kappa shape index (κ3) is 3.43. The first-order chi connectivity index (χ1) is 9.74. The molecule has 2 aromatic rings. The van der Waals surface area contributed by atoms with Gasteiger partial charge in [-0.1, -0.05) is 6.92 Å². The van der Waals surface area contributed by atoms with Crippen molar-refractivity contribution in [2.45, 2.75) is 20.0 Å². The molecule has 6 nitrogen and oxygen atoms in total. The highest BCUT2D eigenvalue weighted by Crippen LogP contribution is 2.15. The van der Waals surface area contributed by atoms with E-state index in [2.05, 4.69) is 22.2 Å². The zero-order valence-corrected chi connectivity index (χ0v) is 11.4. The van der Waals surface area contributed by atoms with Gasteiger partial charge in [0.05, 0.1) is 6.26 Å². The minimum atomic E-state index is -0.412. The number of carbonyl (C=O) groups excluding carboxylic acids is 1. The van der Waals surface area contributed by atoms with Gasteiger partial charge in [-0.2, -0.15) is 0 Å². The highest BCUT2D eigenvalue weighted by Gasteiger charge is 2.16. The third-order valence-corrected chi connectivity index (χ3v) is 3.08. The lowest BCUT2D eigenvalue weighted by molar-refractivity contribution is 0.0923. The molecule has 0 fully saturated rings. The van der Waals surface area contributed by atoms with E-state index < -0.39 is 5.91 Å². The molecule has 0 unspecified atom stereocenters. The minimum absolute atomic E-state index is 0.265. The molecule has 2 aromatic heterocycles. The van der Waals surface area contributed by atoms with Crippen LogP contribution in [0.25, 0.3) is 0 Å². The molecular weight excluding hydrogens is 256 g/mol. The van der Waals surface area contributed by atoms with E-state index in [1.54, 1.807) is 18.5 Å². The fourth-order valence-electron chi connectivity index (χ4n) is 1.99. The van der Waals surface area contributed by atoms with Crippen molar-refractivity contribution in [1.82, 2.24) is 15.3 Å². The second-order valence-corrected chi connectivity index (χ2v) is 4.41. The van der Waals surface area contributed by atoms with Crippen molar-refractivity contribution in [3.05, 3.63) is 53.7 Å². The lowest BCUT2D eigenvalue weighted by Crippen LogP contribution is -2.31. The summed E-state index contributed by atoms with van der Waals surface area (Å²) in [5.74, 6) is 4.99. The van der Waals surface area contributed by atoms with Gasteiger partial charge < -0.3 is 4.42 Å². The summed E-state index contributed by atoms with van der Waals surface area (Å²) in [4.78, 5) is 17.8. The Kier molecular flexibility index (Phi) is 4.86. The van der Waals surface area contributed by atoms with Crippen LogP contribution in [0.2, 0.25) is 0 Å². The Morgan fingerprint density at radius 2 is 2.10 bits per heavy atom. The molecule has 106 valence electrons. The van der Waals surface area contributed by atoms with E-state index >= 15 is 0 Å². The van der Waals surface area contributed by atoms with Crippen molar-refractivity contribution >= 4 is 5.91 Å². The van der Waals surface area contributed by atoms with Crippen LogP contribution in [-0.4, -0.2) is 22.3 Å². The molecule has 0 aromatic carbocycles. The Bertz CT molecular complexity index is 553. The number of pyridine rings is 1. The average molecular weight is 274 g/mol. The van der Waals surface area contributed by atoms with Gasteiger partial charge in [0.25, 0.3) is 0 Å². The second-order valence-electron chi connectivity index (χ2n) is 4.41. The number of furan rings is 1. The Balaban J connectivity index is 2.07. The highest BCUT2D eigenvalue weighted by atomic mass is 16.3. The molecule has 0 saturated carbocycles. The number of amides is 1. The van der Waals surface area contributed by atoms with Crippen LogP contribution < -0.4 is 11.3 Å². The van der Waals surface area contributed by atoms with Crippen LogP contribution in [-0.2, 0) is 13.1 Å². The Labute approximate surface area is 117 Å². The molecule has 0 bridgehead atoms. The van der Waals surface area contributed by atoms with E-state index in [9.17, 15) is 4.79 Å². The van der Waals surface area contributed by atoms with Crippen LogP contribution >= 0.6 is 0 Å². The smallest absolute Gasteiger partial charge is 0.301 e. The molecule has 3 N–H and O–H groups in total. The molecule has 2 heterocycles. The van der Waals surface area contributed by atoms with Gasteiger partial charge in [0.2, 0.25) is 0 Å². The zero-order chi connectivity index (χ0) is 14.4. The zero-order valence-electron chi connectivity index (χ0n) is 11.4. The molecule has 0 saturated heterocycles. The predicted octanol–water partition coefficient (Wildman–Crippen LogP) is 1.30. The number of rotatable bonds is 6. The van der Waals surface area contributed by atoms with E-state index in [0.717, 1.165) is 18.7 Å². The summed E-state index contributed by atoms with van der Waals surface area (Å²) in [6.07, 6.45) is 5.04. The minimum Gasteiger partial charge on any atom is -0.459 e. The first kappa shape index (κ1) is 14.2. The normalized spacial score (nSPS) is 10.8. The number of nitrogen functional groups attached to an aromatic ring is 1. The number of hydrogen-bond donors (Lipinski definition) is 2. The third-order valence-electron chi connectivity index (χ3n) is 3.08. The van der Waals surface area contributed by atoms with Gasteiger partial charge in [-0.15, -0.1) is 0 Å². The van der Waals surface area contributed by atoms with Crippen LogP contribution in [0.5, 0.6) is 0 Å². The molecule has 0 aliphatic heterocycles. The number of carbonyl (C=O) groups is 1. The highest BCUT2D eigenvalue weighted by molar-refractivity contribution is 5.92. The summed E-state index contributed by atoms with van der Waals surface area (Å²) in [5.41, 5.74) is 4.09. The molecule has 0 radical (unpaired) electrons. The van der Waals surface area contributed by atoms with Gasteiger partial charge in [-0.3, -0.25) is 20.1 Å². The number of hydrogen-bond acceptors (Lipinski definition) is 5. The average Bonchev–Trinajstić information content (AvgIpc) is 2.95. The summed E-state index contributed by atoms with van der Waals surface area (Å²) in [5, 5.41) is 0. The van der Waals surface area contributed by atoms with Crippen molar-refractivity contribution in [3.63, 3.8) is 0 Å². The number of nitrogens with zero attached hydrogens (tertiary/aromatic N) is 2. The standard InChI is InChI=1S/C14H18N4O2/c1-2-18(9-11-3-6-16-7-4-11)10-12-5-8-20-13(12)14(19)17-15/h3-8H,2,9-10,15H2,1H3,(H,17,19). The topological polar surface area (TPSA) is 84.4 Å². The van der Waals surface area contributed by atoms with Crippen LogP contribution in [0, 0.1) is 0 Å². The van der Waals surface area contributed by atoms with Gasteiger partial charge in [0.1, 0.15) is 0 Å². The van der Waals surface area contributed by atoms with Crippen molar-refractivity contribution in [1.29, 1.82) is 0 Å². The van der Waals surface area contributed by atoms with Gasteiger partial charge in [-0.05, 0) is 30.3 Å². The molecule has 0 atom stereocenters.